The number of fused-ring (bicyclic) bond motifs is 1. The monoisotopic (exact) mass is 293 g/mol. The fourth-order valence-electron chi connectivity index (χ4n) is 2.35. The number of nitrogens with one attached hydrogen (secondary N) is 1. The molecule has 22 heavy (non-hydrogen) atoms. The number of hydrogen-bond donors (Lipinski definition) is 1. The Hall–Kier alpha value is -2.88. The van der Waals surface area contributed by atoms with Gasteiger partial charge in [-0.05, 0) is 29.3 Å². The number of benzene rings is 2. The number of aromatic amines is 1. The first-order valence-corrected chi connectivity index (χ1v) is 6.98. The van der Waals surface area contributed by atoms with Gasteiger partial charge in [0.2, 0.25) is 0 Å². The molecule has 0 spiro atoms. The summed E-state index contributed by atoms with van der Waals surface area (Å²) >= 11 is 0. The van der Waals surface area contributed by atoms with Gasteiger partial charge in [-0.3, -0.25) is 4.79 Å². The van der Waals surface area contributed by atoms with Gasteiger partial charge < -0.3 is 9.72 Å². The summed E-state index contributed by atoms with van der Waals surface area (Å²) in [5.41, 5.74) is 1.70. The van der Waals surface area contributed by atoms with Crippen LogP contribution in [0.5, 0.6) is 0 Å². The molecule has 0 aliphatic rings. The molecule has 2 aromatic carbocycles. The van der Waals surface area contributed by atoms with Crippen molar-refractivity contribution < 1.29 is 14.3 Å². The van der Waals surface area contributed by atoms with Crippen LogP contribution in [0.1, 0.15) is 33.3 Å². The number of carbonyl (C=O) groups is 2. The first-order chi connectivity index (χ1) is 10.6. The number of Topliss-reactive ketones (excluding diaryl/α,β-unsaturated/α-hetero) is 1. The minimum atomic E-state index is -0.472. The first kappa shape index (κ1) is 14.1. The van der Waals surface area contributed by atoms with Crippen LogP contribution in [0.4, 0.5) is 0 Å². The smallest absolute Gasteiger partial charge is 0.355 e. The Bertz CT molecular complexity index is 843. The predicted octanol–water partition coefficient (Wildman–Crippen LogP) is 3.73. The van der Waals surface area contributed by atoms with E-state index >= 15 is 0 Å². The highest BCUT2D eigenvalue weighted by Gasteiger charge is 2.12. The van der Waals surface area contributed by atoms with Gasteiger partial charge in [0.25, 0.3) is 0 Å². The number of hydrogen-bond acceptors (Lipinski definition) is 3. The van der Waals surface area contributed by atoms with Crippen LogP contribution in [0.15, 0.2) is 54.7 Å². The van der Waals surface area contributed by atoms with E-state index in [4.69, 9.17) is 4.74 Å². The summed E-state index contributed by atoms with van der Waals surface area (Å²) in [4.78, 5) is 26.0. The molecule has 0 aliphatic carbocycles. The quantitative estimate of drug-likeness (QED) is 0.589. The summed E-state index contributed by atoms with van der Waals surface area (Å²) in [5.74, 6) is -0.565. The van der Waals surface area contributed by atoms with Gasteiger partial charge in [0.15, 0.2) is 5.78 Å². The number of ketones is 1. The molecule has 0 bridgehead atoms. The highest BCUT2D eigenvalue weighted by molar-refractivity contribution is 5.97. The molecule has 0 aliphatic heterocycles. The Labute approximate surface area is 127 Å². The number of esters is 1. The maximum atomic E-state index is 12.0. The Morgan fingerprint density at radius 1 is 1.09 bits per heavy atom. The molecule has 0 atom stereocenters. The van der Waals surface area contributed by atoms with Crippen molar-refractivity contribution in [2.75, 3.05) is 0 Å². The number of aromatic nitrogens is 1. The van der Waals surface area contributed by atoms with Crippen LogP contribution in [0.2, 0.25) is 0 Å². The molecule has 4 heteroatoms. The van der Waals surface area contributed by atoms with Gasteiger partial charge in [-0.2, -0.15) is 0 Å². The highest BCUT2D eigenvalue weighted by Crippen LogP contribution is 2.19. The molecule has 0 radical (unpaired) electrons. The molecular formula is C18H15NO3. The van der Waals surface area contributed by atoms with Crippen LogP contribution in [0.25, 0.3) is 10.8 Å². The number of ether oxygens (including phenoxy) is 1. The van der Waals surface area contributed by atoms with E-state index in [1.807, 2.05) is 42.5 Å². The summed E-state index contributed by atoms with van der Waals surface area (Å²) in [6.45, 7) is 1.64. The van der Waals surface area contributed by atoms with Crippen LogP contribution in [-0.4, -0.2) is 16.7 Å². The van der Waals surface area contributed by atoms with E-state index in [0.29, 0.717) is 5.56 Å². The zero-order chi connectivity index (χ0) is 15.5. The Kier molecular flexibility index (Phi) is 3.74. The van der Waals surface area contributed by atoms with Crippen molar-refractivity contribution in [1.82, 2.24) is 4.98 Å². The predicted molar refractivity (Wildman–Crippen MR) is 83.9 cm³/mol. The fraction of sp³-hybridized carbons (Fsp3) is 0.111. The molecule has 3 rings (SSSR count). The van der Waals surface area contributed by atoms with Crippen molar-refractivity contribution in [3.63, 3.8) is 0 Å². The van der Waals surface area contributed by atoms with E-state index in [1.165, 1.54) is 19.2 Å². The average Bonchev–Trinajstić information content (AvgIpc) is 3.03. The lowest BCUT2D eigenvalue weighted by Crippen LogP contribution is -2.05. The number of H-pyrrole nitrogens is 1. The number of rotatable bonds is 4. The molecule has 1 N–H and O–H groups in total. The first-order valence-electron chi connectivity index (χ1n) is 6.98. The van der Waals surface area contributed by atoms with Crippen molar-refractivity contribution in [2.24, 2.45) is 0 Å². The molecule has 3 aromatic rings. The summed E-state index contributed by atoms with van der Waals surface area (Å²) in [7, 11) is 0. The Morgan fingerprint density at radius 2 is 1.86 bits per heavy atom. The third-order valence-corrected chi connectivity index (χ3v) is 3.55. The molecule has 0 fully saturated rings. The van der Waals surface area contributed by atoms with Crippen LogP contribution in [0, 0.1) is 0 Å². The van der Waals surface area contributed by atoms with E-state index in [1.54, 1.807) is 0 Å². The molecule has 0 saturated heterocycles. The Balaban J connectivity index is 1.76. The van der Waals surface area contributed by atoms with Crippen molar-refractivity contribution in [3.8, 4) is 0 Å². The van der Waals surface area contributed by atoms with Gasteiger partial charge in [0, 0.05) is 11.8 Å². The molecule has 0 amide bonds. The van der Waals surface area contributed by atoms with Gasteiger partial charge >= 0.3 is 5.97 Å². The lowest BCUT2D eigenvalue weighted by Gasteiger charge is -2.07. The fourth-order valence-corrected chi connectivity index (χ4v) is 2.35. The van der Waals surface area contributed by atoms with E-state index in [2.05, 4.69) is 4.98 Å². The summed E-state index contributed by atoms with van der Waals surface area (Å²) in [5, 5.41) is 2.17. The summed E-state index contributed by atoms with van der Waals surface area (Å²) < 4.78 is 5.33. The lowest BCUT2D eigenvalue weighted by molar-refractivity contribution is 0.0468. The SMILES string of the molecule is CC(=O)c1c[nH]c(C(=O)OCc2cccc3ccccc23)c1. The van der Waals surface area contributed by atoms with Gasteiger partial charge in [-0.15, -0.1) is 0 Å². The van der Waals surface area contributed by atoms with Crippen LogP contribution in [0.3, 0.4) is 0 Å². The maximum Gasteiger partial charge on any atom is 0.355 e. The second kappa shape index (κ2) is 5.85. The molecule has 4 nitrogen and oxygen atoms in total. The largest absolute Gasteiger partial charge is 0.456 e. The third kappa shape index (κ3) is 2.76. The minimum Gasteiger partial charge on any atom is -0.456 e. The molecule has 0 unspecified atom stereocenters. The molecular weight excluding hydrogens is 278 g/mol. The lowest BCUT2D eigenvalue weighted by atomic mass is 10.1. The zero-order valence-corrected chi connectivity index (χ0v) is 12.1. The van der Waals surface area contributed by atoms with Crippen LogP contribution >= 0.6 is 0 Å². The standard InChI is InChI=1S/C18H15NO3/c1-12(20)15-9-17(19-10-15)18(21)22-11-14-7-4-6-13-5-2-3-8-16(13)14/h2-10,19H,11H2,1H3. The van der Waals surface area contributed by atoms with Crippen molar-refractivity contribution in [1.29, 1.82) is 0 Å². The van der Waals surface area contributed by atoms with Crippen LogP contribution < -0.4 is 0 Å². The molecule has 110 valence electrons. The zero-order valence-electron chi connectivity index (χ0n) is 12.1. The highest BCUT2D eigenvalue weighted by atomic mass is 16.5. The maximum absolute atomic E-state index is 12.0. The van der Waals surface area contributed by atoms with Crippen LogP contribution in [-0.2, 0) is 11.3 Å². The van der Waals surface area contributed by atoms with Gasteiger partial charge in [-0.25, -0.2) is 4.79 Å². The van der Waals surface area contributed by atoms with Crippen molar-refractivity contribution >= 4 is 22.5 Å². The topological polar surface area (TPSA) is 59.2 Å². The second-order valence-corrected chi connectivity index (χ2v) is 5.07. The van der Waals surface area contributed by atoms with E-state index < -0.39 is 5.97 Å². The van der Waals surface area contributed by atoms with Gasteiger partial charge in [0.05, 0.1) is 0 Å². The summed E-state index contributed by atoms with van der Waals surface area (Å²) in [6.07, 6.45) is 1.51. The summed E-state index contributed by atoms with van der Waals surface area (Å²) in [6, 6.07) is 15.3. The normalized spacial score (nSPS) is 10.6. The van der Waals surface area contributed by atoms with Gasteiger partial charge in [0.1, 0.15) is 12.3 Å². The second-order valence-electron chi connectivity index (χ2n) is 5.07. The molecule has 1 heterocycles. The van der Waals surface area contributed by atoms with Crippen molar-refractivity contribution in [2.45, 2.75) is 13.5 Å². The van der Waals surface area contributed by atoms with E-state index in [-0.39, 0.29) is 18.1 Å². The molecule has 0 saturated carbocycles. The third-order valence-electron chi connectivity index (χ3n) is 3.55. The van der Waals surface area contributed by atoms with Gasteiger partial charge in [-0.1, -0.05) is 42.5 Å². The van der Waals surface area contributed by atoms with Crippen molar-refractivity contribution in [3.05, 3.63) is 71.5 Å². The minimum absolute atomic E-state index is 0.0932. The van der Waals surface area contributed by atoms with E-state index in [0.717, 1.165) is 16.3 Å². The average molecular weight is 293 g/mol. The Morgan fingerprint density at radius 3 is 2.64 bits per heavy atom. The molecule has 1 aromatic heterocycles. The van der Waals surface area contributed by atoms with E-state index in [9.17, 15) is 9.59 Å². The number of carbonyl (C=O) groups excluding carboxylic acids is 2.